The Bertz CT molecular complexity index is 4040. The molecule has 2 aromatic heterocycles. The molecule has 4 heteroatoms. The lowest BCUT2D eigenvalue weighted by Crippen LogP contribution is -2.03. The Kier molecular flexibility index (Phi) is 10.3. The van der Waals surface area contributed by atoms with Crippen molar-refractivity contribution >= 4 is 78.2 Å². The quantitative estimate of drug-likeness (QED) is 0.101. The third kappa shape index (κ3) is 7.26. The summed E-state index contributed by atoms with van der Waals surface area (Å²) in [6, 6.07) is 73.8. The molecule has 0 amide bonds. The zero-order valence-electron chi connectivity index (χ0n) is 38.5. The van der Waals surface area contributed by atoms with Crippen molar-refractivity contribution in [3.63, 3.8) is 0 Å². The van der Waals surface area contributed by atoms with Gasteiger partial charge >= 0.3 is 0 Å². The van der Waals surface area contributed by atoms with Crippen LogP contribution in [0.5, 0.6) is 0 Å². The van der Waals surface area contributed by atoms with Crippen molar-refractivity contribution in [3.05, 3.63) is 276 Å². The van der Waals surface area contributed by atoms with Gasteiger partial charge in [-0.05, 0) is 75.7 Å². The maximum atomic E-state index is 5.67. The summed E-state index contributed by atoms with van der Waals surface area (Å²) >= 11 is 0. The summed E-state index contributed by atoms with van der Waals surface area (Å²) in [5.41, 5.74) is 15.7. The van der Waals surface area contributed by atoms with E-state index in [9.17, 15) is 0 Å². The molecule has 0 aliphatic heterocycles. The number of hydrogen-bond donors (Lipinski definition) is 0. The third-order valence-electron chi connectivity index (χ3n) is 13.7. The average molecular weight is 895 g/mol. The highest BCUT2D eigenvalue weighted by Crippen LogP contribution is 2.47. The van der Waals surface area contributed by atoms with E-state index in [0.29, 0.717) is 6.42 Å². The molecule has 0 atom stereocenters. The van der Waals surface area contributed by atoms with Gasteiger partial charge in [-0.25, -0.2) is 9.97 Å². The Balaban J connectivity index is 0.978. The molecule has 0 radical (unpaired) electrons. The number of benzene rings is 10. The lowest BCUT2D eigenvalue weighted by Gasteiger charge is -2.17. The summed E-state index contributed by atoms with van der Waals surface area (Å²) < 4.78 is 4.76. The van der Waals surface area contributed by atoms with Crippen molar-refractivity contribution in [1.29, 1.82) is 0 Å². The predicted molar refractivity (Wildman–Crippen MR) is 295 cm³/mol. The van der Waals surface area contributed by atoms with Crippen LogP contribution in [0.25, 0.3) is 101 Å². The molecule has 10 aromatic carbocycles. The third-order valence-corrected chi connectivity index (χ3v) is 13.7. The molecule has 0 fully saturated rings. The largest absolute Gasteiger partial charge is 0.295 e. The monoisotopic (exact) mass is 894 g/mol. The number of hydrogen-bond acceptors (Lipinski definition) is 2. The zero-order chi connectivity index (χ0) is 46.4. The van der Waals surface area contributed by atoms with E-state index in [1.54, 1.807) is 0 Å². The highest BCUT2D eigenvalue weighted by Gasteiger charge is 2.26. The van der Waals surface area contributed by atoms with E-state index in [1.807, 2.05) is 6.07 Å². The number of nitrogens with zero attached hydrogens (tertiary/aromatic N) is 4. The summed E-state index contributed by atoms with van der Waals surface area (Å²) in [4.78, 5) is 11.3. The van der Waals surface area contributed by atoms with Crippen molar-refractivity contribution in [1.82, 2.24) is 19.1 Å². The molecule has 13 rings (SSSR count). The molecule has 0 N–H and O–H groups in total. The molecule has 0 bridgehead atoms. The second-order valence-corrected chi connectivity index (χ2v) is 18.0. The summed E-state index contributed by atoms with van der Waals surface area (Å²) in [5.74, 6) is 1.90. The van der Waals surface area contributed by atoms with Gasteiger partial charge in [-0.15, -0.1) is 0 Å². The molecule has 0 unspecified atom stereocenters. The Labute approximate surface area is 406 Å². The predicted octanol–water partition coefficient (Wildman–Crippen LogP) is 16.7. The minimum Gasteiger partial charge on any atom is -0.295 e. The van der Waals surface area contributed by atoms with Gasteiger partial charge in [0, 0.05) is 55.7 Å². The van der Waals surface area contributed by atoms with Gasteiger partial charge in [0.25, 0.3) is 0 Å². The fourth-order valence-corrected chi connectivity index (χ4v) is 10.5. The molecule has 0 saturated heterocycles. The maximum Gasteiger partial charge on any atom is 0.145 e. The Hall–Kier alpha value is -9.12. The van der Waals surface area contributed by atoms with Crippen LogP contribution < -0.4 is 0 Å². The molecule has 4 nitrogen and oxygen atoms in total. The van der Waals surface area contributed by atoms with E-state index in [-0.39, 0.29) is 0 Å². The number of allylic oxidation sites excluding steroid dienone is 7. The van der Waals surface area contributed by atoms with Crippen molar-refractivity contribution < 1.29 is 0 Å². The molecule has 1 aliphatic carbocycles. The SMILES string of the molecule is C1=CCC=C(/C(=C/c2ccc(Cc3nc4c5cccc6c5c5c(cccc5c4n3-c3ccccc3)c3nc(-c4ccc(/C=C\c5ccccc5)cc4)n(-c4ccccc4)c63)cc2)c2ccccc2)C=C1. The van der Waals surface area contributed by atoms with Crippen molar-refractivity contribution in [2.75, 3.05) is 0 Å². The smallest absolute Gasteiger partial charge is 0.145 e. The molecular formula is C66H46N4. The van der Waals surface area contributed by atoms with Crippen LogP contribution in [0, 0.1) is 0 Å². The summed E-state index contributed by atoms with van der Waals surface area (Å²) in [7, 11) is 0. The highest BCUT2D eigenvalue weighted by molar-refractivity contribution is 6.38. The van der Waals surface area contributed by atoms with Gasteiger partial charge in [0.1, 0.15) is 11.6 Å². The lowest BCUT2D eigenvalue weighted by atomic mass is 9.91. The van der Waals surface area contributed by atoms with Gasteiger partial charge in [-0.3, -0.25) is 9.13 Å². The Morgan fingerprint density at radius 1 is 0.471 bits per heavy atom. The van der Waals surface area contributed by atoms with Crippen LogP contribution in [0.15, 0.2) is 242 Å². The van der Waals surface area contributed by atoms with Gasteiger partial charge in [0.05, 0.1) is 22.1 Å². The number of imidazole rings is 2. The molecule has 0 spiro atoms. The first-order chi connectivity index (χ1) is 34.7. The minimum atomic E-state index is 0.659. The van der Waals surface area contributed by atoms with Crippen LogP contribution in [0.2, 0.25) is 0 Å². The van der Waals surface area contributed by atoms with E-state index in [0.717, 1.165) is 89.7 Å². The summed E-state index contributed by atoms with van der Waals surface area (Å²) in [5, 5.41) is 7.01. The standard InChI is InChI=1S/C66H46N4/c1-2-10-22-49(21-9-1)58(50-23-11-4-12-24-50)43-47-35-37-48(38-36-47)44-59-67-62-54-29-17-32-57-60(54)61-55(30-18-31-56(61)64(62)69(59)52-25-13-5-14-26-52)63-65(57)70(53-27-15-6-16-28-53)66(68-63)51-41-39-46(40-42-51)34-33-45-19-7-3-8-20-45/h1-9,11-43H,10,44H2/b34-33-,58-43-. The Morgan fingerprint density at radius 3 is 1.67 bits per heavy atom. The Morgan fingerprint density at radius 2 is 1.01 bits per heavy atom. The van der Waals surface area contributed by atoms with Crippen molar-refractivity contribution in [2.24, 2.45) is 0 Å². The number of aromatic nitrogens is 4. The molecule has 2 heterocycles. The fraction of sp³-hybridized carbons (Fsp3) is 0.0303. The maximum absolute atomic E-state index is 5.67. The van der Waals surface area contributed by atoms with Crippen LogP contribution >= 0.6 is 0 Å². The van der Waals surface area contributed by atoms with E-state index in [2.05, 4.69) is 258 Å². The first-order valence-corrected chi connectivity index (χ1v) is 24.1. The average Bonchev–Trinajstić information content (AvgIpc) is 3.90. The first-order valence-electron chi connectivity index (χ1n) is 24.1. The second kappa shape index (κ2) is 17.5. The normalized spacial score (nSPS) is 13.1. The summed E-state index contributed by atoms with van der Waals surface area (Å²) in [6.07, 6.45) is 19.2. The lowest BCUT2D eigenvalue weighted by molar-refractivity contribution is 0.934. The molecule has 1 aliphatic rings. The van der Waals surface area contributed by atoms with Gasteiger partial charge in [-0.1, -0.05) is 225 Å². The van der Waals surface area contributed by atoms with Gasteiger partial charge in [-0.2, -0.15) is 0 Å². The fourth-order valence-electron chi connectivity index (χ4n) is 10.5. The van der Waals surface area contributed by atoms with Crippen LogP contribution in [0.1, 0.15) is 40.1 Å². The number of fused-ring (bicyclic) bond motifs is 6. The molecule has 70 heavy (non-hydrogen) atoms. The zero-order valence-corrected chi connectivity index (χ0v) is 38.5. The van der Waals surface area contributed by atoms with Gasteiger partial charge in [0.15, 0.2) is 0 Å². The van der Waals surface area contributed by atoms with E-state index in [1.165, 1.54) is 38.6 Å². The summed E-state index contributed by atoms with van der Waals surface area (Å²) in [6.45, 7) is 0. The highest BCUT2D eigenvalue weighted by atomic mass is 15.1. The first kappa shape index (κ1) is 41.1. The van der Waals surface area contributed by atoms with Crippen LogP contribution in [-0.4, -0.2) is 19.1 Å². The molecule has 330 valence electrons. The number of para-hydroxylation sites is 2. The van der Waals surface area contributed by atoms with Crippen molar-refractivity contribution in [2.45, 2.75) is 12.8 Å². The van der Waals surface area contributed by atoms with E-state index in [4.69, 9.17) is 9.97 Å². The van der Waals surface area contributed by atoms with Gasteiger partial charge in [0.2, 0.25) is 0 Å². The molecule has 0 saturated carbocycles. The van der Waals surface area contributed by atoms with Gasteiger partial charge < -0.3 is 0 Å². The van der Waals surface area contributed by atoms with Crippen LogP contribution in [-0.2, 0) is 6.42 Å². The number of rotatable bonds is 10. The molecule has 12 aromatic rings. The van der Waals surface area contributed by atoms with Crippen LogP contribution in [0.4, 0.5) is 0 Å². The minimum absolute atomic E-state index is 0.659. The second-order valence-electron chi connectivity index (χ2n) is 18.0. The topological polar surface area (TPSA) is 35.6 Å². The van der Waals surface area contributed by atoms with Crippen molar-refractivity contribution in [3.8, 4) is 22.8 Å². The van der Waals surface area contributed by atoms with E-state index >= 15 is 0 Å². The molecular weight excluding hydrogens is 849 g/mol. The van der Waals surface area contributed by atoms with Crippen LogP contribution in [0.3, 0.4) is 0 Å². The van der Waals surface area contributed by atoms with E-state index < -0.39 is 0 Å².